The second kappa shape index (κ2) is 12.0. The Morgan fingerprint density at radius 3 is 2.30 bits per heavy atom. The van der Waals surface area contributed by atoms with Crippen molar-refractivity contribution in [3.05, 3.63) is 71.3 Å². The van der Waals surface area contributed by atoms with E-state index >= 15 is 0 Å². The average Bonchev–Trinajstić information content (AvgIpc) is 2.75. The van der Waals surface area contributed by atoms with Crippen LogP contribution in [0.3, 0.4) is 0 Å². The van der Waals surface area contributed by atoms with E-state index in [1.165, 1.54) is 5.56 Å². The maximum Gasteiger partial charge on any atom is 0.253 e. The van der Waals surface area contributed by atoms with Crippen molar-refractivity contribution in [2.24, 2.45) is 4.99 Å². The Morgan fingerprint density at radius 1 is 0.967 bits per heavy atom. The van der Waals surface area contributed by atoms with Crippen LogP contribution < -0.4 is 10.6 Å². The lowest BCUT2D eigenvalue weighted by Gasteiger charge is -2.25. The lowest BCUT2D eigenvalue weighted by Crippen LogP contribution is -2.46. The van der Waals surface area contributed by atoms with Crippen molar-refractivity contribution in [1.82, 2.24) is 20.4 Å². The van der Waals surface area contributed by atoms with Crippen LogP contribution in [0.1, 0.15) is 21.5 Å². The van der Waals surface area contributed by atoms with Crippen LogP contribution in [0.5, 0.6) is 0 Å². The summed E-state index contributed by atoms with van der Waals surface area (Å²) < 4.78 is 0. The molecule has 0 spiro atoms. The summed E-state index contributed by atoms with van der Waals surface area (Å²) in [5, 5.41) is 6.81. The molecular weight excluding hydrogens is 374 g/mol. The molecule has 0 saturated carbocycles. The van der Waals surface area contributed by atoms with Crippen LogP contribution in [0.15, 0.2) is 59.6 Å². The quantitative estimate of drug-likeness (QED) is 0.493. The SMILES string of the molecule is CN=C(NCCc1cccc(C(=O)N(C)C)c1)NCC(Cc1ccccc1)N(C)C. The van der Waals surface area contributed by atoms with Gasteiger partial charge in [-0.2, -0.15) is 0 Å². The molecule has 0 fully saturated rings. The van der Waals surface area contributed by atoms with E-state index in [1.807, 2.05) is 30.3 Å². The predicted octanol–water partition coefficient (Wildman–Crippen LogP) is 2.27. The van der Waals surface area contributed by atoms with Crippen LogP contribution in [-0.4, -0.2) is 76.0 Å². The van der Waals surface area contributed by atoms with Crippen LogP contribution >= 0.6 is 0 Å². The number of guanidine groups is 1. The third kappa shape index (κ3) is 7.52. The first-order chi connectivity index (χ1) is 14.4. The van der Waals surface area contributed by atoms with Crippen molar-refractivity contribution >= 4 is 11.9 Å². The number of nitrogens with one attached hydrogen (secondary N) is 2. The topological polar surface area (TPSA) is 60.0 Å². The molecule has 162 valence electrons. The lowest BCUT2D eigenvalue weighted by atomic mass is 10.1. The number of benzene rings is 2. The number of carbonyl (C=O) groups is 1. The van der Waals surface area contributed by atoms with E-state index in [0.29, 0.717) is 6.04 Å². The predicted molar refractivity (Wildman–Crippen MR) is 125 cm³/mol. The fourth-order valence-electron chi connectivity index (χ4n) is 3.20. The van der Waals surface area contributed by atoms with Gasteiger partial charge in [-0.15, -0.1) is 0 Å². The molecule has 1 atom stereocenters. The third-order valence-electron chi connectivity index (χ3n) is 5.06. The minimum atomic E-state index is 0.0235. The van der Waals surface area contributed by atoms with Gasteiger partial charge in [0.15, 0.2) is 5.96 Å². The summed E-state index contributed by atoms with van der Waals surface area (Å²) in [6, 6.07) is 18.7. The number of nitrogens with zero attached hydrogens (tertiary/aromatic N) is 3. The fourth-order valence-corrected chi connectivity index (χ4v) is 3.20. The van der Waals surface area contributed by atoms with Crippen LogP contribution in [0.2, 0.25) is 0 Å². The second-order valence-corrected chi connectivity index (χ2v) is 7.84. The maximum absolute atomic E-state index is 12.1. The van der Waals surface area contributed by atoms with Gasteiger partial charge in [-0.25, -0.2) is 0 Å². The average molecular weight is 410 g/mol. The Bertz CT molecular complexity index is 817. The summed E-state index contributed by atoms with van der Waals surface area (Å²) in [7, 11) is 9.53. The largest absolute Gasteiger partial charge is 0.356 e. The van der Waals surface area contributed by atoms with E-state index in [-0.39, 0.29) is 5.91 Å². The van der Waals surface area contributed by atoms with Crippen molar-refractivity contribution < 1.29 is 4.79 Å². The maximum atomic E-state index is 12.1. The molecule has 2 rings (SSSR count). The van der Waals surface area contributed by atoms with Crippen LogP contribution in [-0.2, 0) is 12.8 Å². The van der Waals surface area contributed by atoms with Crippen molar-refractivity contribution in [1.29, 1.82) is 0 Å². The monoisotopic (exact) mass is 409 g/mol. The number of aliphatic imine (C=N–C) groups is 1. The Balaban J connectivity index is 1.84. The van der Waals surface area contributed by atoms with Crippen molar-refractivity contribution in [2.75, 3.05) is 48.3 Å². The van der Waals surface area contributed by atoms with Gasteiger partial charge in [-0.1, -0.05) is 42.5 Å². The van der Waals surface area contributed by atoms with Gasteiger partial charge < -0.3 is 20.4 Å². The summed E-state index contributed by atoms with van der Waals surface area (Å²) in [4.78, 5) is 20.3. The van der Waals surface area contributed by atoms with Crippen LogP contribution in [0, 0.1) is 0 Å². The summed E-state index contributed by atoms with van der Waals surface area (Å²) in [5.41, 5.74) is 3.17. The molecule has 0 saturated heterocycles. The van der Waals surface area contributed by atoms with Crippen molar-refractivity contribution in [3.8, 4) is 0 Å². The van der Waals surface area contributed by atoms with Gasteiger partial charge in [0.2, 0.25) is 0 Å². The first kappa shape index (κ1) is 23.4. The summed E-state index contributed by atoms with van der Waals surface area (Å²) in [6.45, 7) is 1.54. The molecule has 0 aliphatic heterocycles. The standard InChI is InChI=1S/C24H35N5O/c1-25-24(27-18-22(28(2)3)17-19-10-7-6-8-11-19)26-15-14-20-12-9-13-21(16-20)23(30)29(4)5/h6-13,16,22H,14-15,17-18H2,1-5H3,(H2,25,26,27). The normalized spacial score (nSPS) is 12.5. The molecule has 0 radical (unpaired) electrons. The van der Waals surface area contributed by atoms with Crippen LogP contribution in [0.25, 0.3) is 0 Å². The minimum Gasteiger partial charge on any atom is -0.356 e. The van der Waals surface area contributed by atoms with Gasteiger partial charge >= 0.3 is 0 Å². The van der Waals surface area contributed by atoms with Gasteiger partial charge in [-0.3, -0.25) is 9.79 Å². The van der Waals surface area contributed by atoms with Crippen LogP contribution in [0.4, 0.5) is 0 Å². The first-order valence-electron chi connectivity index (χ1n) is 10.4. The van der Waals surface area contributed by atoms with Gasteiger partial charge in [-0.05, 0) is 50.2 Å². The van der Waals surface area contributed by atoms with Gasteiger partial charge in [0.1, 0.15) is 0 Å². The molecule has 0 aliphatic rings. The molecule has 0 heterocycles. The van der Waals surface area contributed by atoms with E-state index in [9.17, 15) is 4.79 Å². The number of amides is 1. The Hall–Kier alpha value is -2.86. The fraction of sp³-hybridized carbons (Fsp3) is 0.417. The molecule has 6 nitrogen and oxygen atoms in total. The number of carbonyl (C=O) groups excluding carboxylic acids is 1. The molecule has 0 aliphatic carbocycles. The van der Waals surface area contributed by atoms with E-state index < -0.39 is 0 Å². The molecular formula is C24H35N5O. The van der Waals surface area contributed by atoms with E-state index in [4.69, 9.17) is 0 Å². The number of rotatable bonds is 9. The Kier molecular flexibility index (Phi) is 9.35. The van der Waals surface area contributed by atoms with Crippen molar-refractivity contribution in [3.63, 3.8) is 0 Å². The third-order valence-corrected chi connectivity index (χ3v) is 5.06. The highest BCUT2D eigenvalue weighted by molar-refractivity contribution is 5.94. The zero-order chi connectivity index (χ0) is 21.9. The molecule has 1 amide bonds. The minimum absolute atomic E-state index is 0.0235. The smallest absolute Gasteiger partial charge is 0.253 e. The molecule has 0 bridgehead atoms. The van der Waals surface area contributed by atoms with Gasteiger partial charge in [0, 0.05) is 45.8 Å². The first-order valence-corrected chi connectivity index (χ1v) is 10.4. The van der Waals surface area contributed by atoms with E-state index in [2.05, 4.69) is 58.9 Å². The summed E-state index contributed by atoms with van der Waals surface area (Å²) in [5.74, 6) is 0.811. The number of likely N-dealkylation sites (N-methyl/N-ethyl adjacent to an activating group) is 1. The highest BCUT2D eigenvalue weighted by Gasteiger charge is 2.13. The zero-order valence-electron chi connectivity index (χ0n) is 18.9. The second-order valence-electron chi connectivity index (χ2n) is 7.84. The highest BCUT2D eigenvalue weighted by Crippen LogP contribution is 2.08. The highest BCUT2D eigenvalue weighted by atomic mass is 16.2. The zero-order valence-corrected chi connectivity index (χ0v) is 18.9. The van der Waals surface area contributed by atoms with Crippen molar-refractivity contribution in [2.45, 2.75) is 18.9 Å². The molecule has 6 heteroatoms. The number of hydrogen-bond donors (Lipinski definition) is 2. The number of hydrogen-bond acceptors (Lipinski definition) is 3. The molecule has 0 aromatic heterocycles. The Morgan fingerprint density at radius 2 is 1.67 bits per heavy atom. The summed E-state index contributed by atoms with van der Waals surface area (Å²) >= 11 is 0. The van der Waals surface area contributed by atoms with Gasteiger partial charge in [0.25, 0.3) is 5.91 Å². The molecule has 2 N–H and O–H groups in total. The molecule has 30 heavy (non-hydrogen) atoms. The Labute approximate surface area is 181 Å². The van der Waals surface area contributed by atoms with E-state index in [0.717, 1.165) is 43.0 Å². The lowest BCUT2D eigenvalue weighted by molar-refractivity contribution is 0.0827. The van der Waals surface area contributed by atoms with Gasteiger partial charge in [0.05, 0.1) is 0 Å². The molecule has 2 aromatic carbocycles. The molecule has 2 aromatic rings. The summed E-state index contributed by atoms with van der Waals surface area (Å²) in [6.07, 6.45) is 1.79. The molecule has 1 unspecified atom stereocenters. The van der Waals surface area contributed by atoms with E-state index in [1.54, 1.807) is 26.0 Å².